The molecule has 0 unspecified atom stereocenters. The third-order valence-corrected chi connectivity index (χ3v) is 3.87. The van der Waals surface area contributed by atoms with Crippen LogP contribution in [0.1, 0.15) is 37.5 Å². The van der Waals surface area contributed by atoms with Crippen molar-refractivity contribution < 1.29 is 10.2 Å². The third kappa shape index (κ3) is 2.51. The van der Waals surface area contributed by atoms with E-state index in [4.69, 9.17) is 0 Å². The molecule has 0 atom stereocenters. The van der Waals surface area contributed by atoms with Gasteiger partial charge in [-0.1, -0.05) is 51.1 Å². The summed E-state index contributed by atoms with van der Waals surface area (Å²) in [5.41, 5.74) is 4.92. The van der Waals surface area contributed by atoms with E-state index in [0.29, 0.717) is 12.0 Å². The van der Waals surface area contributed by atoms with Crippen LogP contribution in [0.4, 0.5) is 0 Å². The smallest absolute Gasteiger partial charge is 0.165 e. The maximum Gasteiger partial charge on any atom is 0.165 e. The zero-order valence-electron chi connectivity index (χ0n) is 12.4. The Morgan fingerprint density at radius 1 is 0.700 bits per heavy atom. The molecule has 2 N–H and O–H groups in total. The summed E-state index contributed by atoms with van der Waals surface area (Å²) in [6.07, 6.45) is 2.56. The largest absolute Gasteiger partial charge is 0.504 e. The molecular weight excluding hydrogens is 248 g/mol. The first kappa shape index (κ1) is 14.4. The van der Waals surface area contributed by atoms with Crippen LogP contribution in [-0.4, -0.2) is 10.2 Å². The Kier molecular flexibility index (Phi) is 4.33. The first-order chi connectivity index (χ1) is 9.62. The summed E-state index contributed by atoms with van der Waals surface area (Å²) in [6.45, 7) is 6.17. The Bertz CT molecular complexity index is 615. The fraction of sp³-hybridized carbons (Fsp3) is 0.333. The van der Waals surface area contributed by atoms with E-state index in [1.54, 1.807) is 0 Å². The van der Waals surface area contributed by atoms with Crippen LogP contribution in [0.3, 0.4) is 0 Å². The first-order valence-electron chi connectivity index (χ1n) is 7.28. The van der Waals surface area contributed by atoms with E-state index in [1.807, 2.05) is 19.1 Å². The molecule has 0 saturated heterocycles. The number of hydrogen-bond donors (Lipinski definition) is 2. The third-order valence-electron chi connectivity index (χ3n) is 3.87. The molecule has 0 aromatic heterocycles. The van der Waals surface area contributed by atoms with Crippen molar-refractivity contribution >= 4 is 0 Å². The zero-order valence-corrected chi connectivity index (χ0v) is 12.4. The van der Waals surface area contributed by atoms with Gasteiger partial charge in [-0.15, -0.1) is 0 Å². The standard InChI is InChI=1S/C18H22O2/c1-4-12-7-8-13(5-2)16(11-12)15-10-9-14(6-3)17(19)18(15)20/h7-11,19-20H,4-6H2,1-3H3. The van der Waals surface area contributed by atoms with Gasteiger partial charge in [0.15, 0.2) is 11.5 Å². The van der Waals surface area contributed by atoms with Crippen molar-refractivity contribution in [3.8, 4) is 22.6 Å². The number of benzene rings is 2. The van der Waals surface area contributed by atoms with Crippen molar-refractivity contribution in [1.29, 1.82) is 0 Å². The van der Waals surface area contributed by atoms with E-state index in [2.05, 4.69) is 32.0 Å². The van der Waals surface area contributed by atoms with Gasteiger partial charge in [0.1, 0.15) is 0 Å². The van der Waals surface area contributed by atoms with Crippen LogP contribution in [-0.2, 0) is 19.3 Å². The number of phenols is 2. The quantitative estimate of drug-likeness (QED) is 0.806. The highest BCUT2D eigenvalue weighted by atomic mass is 16.3. The van der Waals surface area contributed by atoms with Crippen molar-refractivity contribution in [3.05, 3.63) is 47.0 Å². The number of hydrogen-bond acceptors (Lipinski definition) is 2. The maximum atomic E-state index is 10.3. The lowest BCUT2D eigenvalue weighted by atomic mass is 9.93. The van der Waals surface area contributed by atoms with Gasteiger partial charge in [0.25, 0.3) is 0 Å². The van der Waals surface area contributed by atoms with E-state index in [-0.39, 0.29) is 11.5 Å². The van der Waals surface area contributed by atoms with Gasteiger partial charge in [-0.3, -0.25) is 0 Å². The lowest BCUT2D eigenvalue weighted by Crippen LogP contribution is -1.92. The Hall–Kier alpha value is -1.96. The number of rotatable bonds is 4. The fourth-order valence-electron chi connectivity index (χ4n) is 2.53. The zero-order chi connectivity index (χ0) is 14.7. The Labute approximate surface area is 120 Å². The second kappa shape index (κ2) is 6.00. The second-order valence-electron chi connectivity index (χ2n) is 5.02. The minimum absolute atomic E-state index is 0.00713. The monoisotopic (exact) mass is 270 g/mol. The molecular formula is C18H22O2. The highest BCUT2D eigenvalue weighted by molar-refractivity contribution is 5.77. The Morgan fingerprint density at radius 2 is 1.35 bits per heavy atom. The van der Waals surface area contributed by atoms with Crippen molar-refractivity contribution in [2.75, 3.05) is 0 Å². The SMILES string of the molecule is CCc1ccc(CC)c(-c2ccc(CC)c(O)c2O)c1. The summed E-state index contributed by atoms with van der Waals surface area (Å²) in [4.78, 5) is 0. The van der Waals surface area contributed by atoms with Gasteiger partial charge < -0.3 is 10.2 Å². The lowest BCUT2D eigenvalue weighted by molar-refractivity contribution is 0.401. The summed E-state index contributed by atoms with van der Waals surface area (Å²) in [6, 6.07) is 10.1. The van der Waals surface area contributed by atoms with Crippen molar-refractivity contribution in [2.45, 2.75) is 40.0 Å². The van der Waals surface area contributed by atoms with Crippen LogP contribution in [0.25, 0.3) is 11.1 Å². The fourth-order valence-corrected chi connectivity index (χ4v) is 2.53. The van der Waals surface area contributed by atoms with E-state index < -0.39 is 0 Å². The average molecular weight is 270 g/mol. The molecule has 0 aliphatic heterocycles. The molecule has 2 heteroatoms. The van der Waals surface area contributed by atoms with Crippen LogP contribution in [0, 0.1) is 0 Å². The van der Waals surface area contributed by atoms with Crippen LogP contribution < -0.4 is 0 Å². The van der Waals surface area contributed by atoms with E-state index >= 15 is 0 Å². The predicted octanol–water partition coefficient (Wildman–Crippen LogP) is 4.45. The van der Waals surface area contributed by atoms with Gasteiger partial charge in [0.2, 0.25) is 0 Å². The molecule has 0 aliphatic rings. The van der Waals surface area contributed by atoms with Crippen molar-refractivity contribution in [2.24, 2.45) is 0 Å². The summed E-state index contributed by atoms with van der Waals surface area (Å²) < 4.78 is 0. The lowest BCUT2D eigenvalue weighted by Gasteiger charge is -2.14. The molecule has 0 bridgehead atoms. The minimum atomic E-state index is -0.00713. The molecule has 0 amide bonds. The van der Waals surface area contributed by atoms with Crippen molar-refractivity contribution in [1.82, 2.24) is 0 Å². The highest BCUT2D eigenvalue weighted by Crippen LogP contribution is 2.40. The average Bonchev–Trinajstić information content (AvgIpc) is 2.49. The van der Waals surface area contributed by atoms with Gasteiger partial charge in [0, 0.05) is 5.56 Å². The van der Waals surface area contributed by atoms with E-state index in [1.165, 1.54) is 11.1 Å². The molecule has 0 radical (unpaired) electrons. The molecule has 0 aliphatic carbocycles. The molecule has 0 heterocycles. The van der Waals surface area contributed by atoms with E-state index in [0.717, 1.165) is 24.0 Å². The van der Waals surface area contributed by atoms with Crippen LogP contribution in [0.15, 0.2) is 30.3 Å². The maximum absolute atomic E-state index is 10.3. The first-order valence-corrected chi connectivity index (χ1v) is 7.28. The minimum Gasteiger partial charge on any atom is -0.504 e. The Morgan fingerprint density at radius 3 is 1.95 bits per heavy atom. The van der Waals surface area contributed by atoms with Gasteiger partial charge >= 0.3 is 0 Å². The summed E-state index contributed by atoms with van der Waals surface area (Å²) in [5, 5.41) is 20.4. The second-order valence-corrected chi connectivity index (χ2v) is 5.02. The molecule has 0 fully saturated rings. The summed E-state index contributed by atoms with van der Waals surface area (Å²) in [7, 11) is 0. The Balaban J connectivity index is 2.64. The number of phenolic OH excluding ortho intramolecular Hbond substituents is 2. The molecule has 2 rings (SSSR count). The van der Waals surface area contributed by atoms with Crippen LogP contribution in [0.5, 0.6) is 11.5 Å². The number of aromatic hydroxyl groups is 2. The molecule has 2 aromatic carbocycles. The molecule has 0 spiro atoms. The predicted molar refractivity (Wildman–Crippen MR) is 83.3 cm³/mol. The van der Waals surface area contributed by atoms with Crippen molar-refractivity contribution in [3.63, 3.8) is 0 Å². The molecule has 2 nitrogen and oxygen atoms in total. The van der Waals surface area contributed by atoms with Gasteiger partial charge in [-0.25, -0.2) is 0 Å². The molecule has 2 aromatic rings. The normalized spacial score (nSPS) is 10.8. The van der Waals surface area contributed by atoms with E-state index in [9.17, 15) is 10.2 Å². The summed E-state index contributed by atoms with van der Waals surface area (Å²) >= 11 is 0. The molecule has 0 saturated carbocycles. The highest BCUT2D eigenvalue weighted by Gasteiger charge is 2.14. The molecule has 20 heavy (non-hydrogen) atoms. The van der Waals surface area contributed by atoms with Gasteiger partial charge in [0.05, 0.1) is 0 Å². The number of aryl methyl sites for hydroxylation is 3. The van der Waals surface area contributed by atoms with Crippen LogP contribution in [0.2, 0.25) is 0 Å². The summed E-state index contributed by atoms with van der Waals surface area (Å²) in [5.74, 6) is 0.00116. The van der Waals surface area contributed by atoms with Gasteiger partial charge in [-0.2, -0.15) is 0 Å². The van der Waals surface area contributed by atoms with Crippen LogP contribution >= 0.6 is 0 Å². The molecule has 106 valence electrons. The van der Waals surface area contributed by atoms with Gasteiger partial charge in [-0.05, 0) is 41.5 Å². The topological polar surface area (TPSA) is 40.5 Å².